The first kappa shape index (κ1) is 10.4. The van der Waals surface area contributed by atoms with Gasteiger partial charge in [0.05, 0.1) is 6.33 Å². The minimum atomic E-state index is -0.183. The lowest BCUT2D eigenvalue weighted by Crippen LogP contribution is -2.11. The second kappa shape index (κ2) is 4.59. The third-order valence-electron chi connectivity index (χ3n) is 1.84. The van der Waals surface area contributed by atoms with Gasteiger partial charge in [-0.05, 0) is 38.3 Å². The van der Waals surface area contributed by atoms with Crippen LogP contribution in [0.25, 0.3) is 0 Å². The molecule has 2 rings (SSSR count). The van der Waals surface area contributed by atoms with Gasteiger partial charge in [0.25, 0.3) is 5.56 Å². The SMILES string of the molecule is O=c1[nH]cnc(NCc2ccsc2)c1Br. The monoisotopic (exact) mass is 285 g/mol. The van der Waals surface area contributed by atoms with Crippen LogP contribution < -0.4 is 10.9 Å². The molecule has 0 aromatic carbocycles. The highest BCUT2D eigenvalue weighted by atomic mass is 79.9. The third kappa shape index (κ3) is 2.45. The lowest BCUT2D eigenvalue weighted by atomic mass is 10.3. The molecule has 15 heavy (non-hydrogen) atoms. The standard InChI is InChI=1S/C9H8BrN3OS/c10-7-8(12-5-13-9(7)14)11-3-6-1-2-15-4-6/h1-2,4-5H,3H2,(H2,11,12,13,14). The van der Waals surface area contributed by atoms with Crippen molar-refractivity contribution < 1.29 is 0 Å². The van der Waals surface area contributed by atoms with E-state index in [-0.39, 0.29) is 5.56 Å². The summed E-state index contributed by atoms with van der Waals surface area (Å²) in [5.74, 6) is 0.560. The van der Waals surface area contributed by atoms with Gasteiger partial charge in [0.15, 0.2) is 0 Å². The van der Waals surface area contributed by atoms with Crippen molar-refractivity contribution in [2.24, 2.45) is 0 Å². The average molecular weight is 286 g/mol. The fourth-order valence-electron chi connectivity index (χ4n) is 1.09. The average Bonchev–Trinajstić information content (AvgIpc) is 2.73. The molecule has 2 N–H and O–H groups in total. The van der Waals surface area contributed by atoms with Crippen molar-refractivity contribution in [3.05, 3.63) is 43.5 Å². The highest BCUT2D eigenvalue weighted by Crippen LogP contribution is 2.15. The zero-order valence-corrected chi connectivity index (χ0v) is 10.1. The molecule has 0 amide bonds. The first-order valence-corrected chi connectivity index (χ1v) is 5.99. The summed E-state index contributed by atoms with van der Waals surface area (Å²) in [6.07, 6.45) is 1.38. The van der Waals surface area contributed by atoms with Gasteiger partial charge in [-0.15, -0.1) is 0 Å². The topological polar surface area (TPSA) is 57.8 Å². The van der Waals surface area contributed by atoms with E-state index in [4.69, 9.17) is 0 Å². The molecule has 2 aromatic rings. The Morgan fingerprint density at radius 1 is 1.60 bits per heavy atom. The molecule has 0 aliphatic carbocycles. The Balaban J connectivity index is 2.12. The summed E-state index contributed by atoms with van der Waals surface area (Å²) in [7, 11) is 0. The first-order chi connectivity index (χ1) is 7.27. The van der Waals surface area contributed by atoms with Crippen molar-refractivity contribution >= 4 is 33.1 Å². The number of H-pyrrole nitrogens is 1. The Hall–Kier alpha value is -1.14. The molecule has 0 aliphatic rings. The summed E-state index contributed by atoms with van der Waals surface area (Å²) in [4.78, 5) is 17.7. The van der Waals surface area contributed by atoms with Crippen molar-refractivity contribution in [1.29, 1.82) is 0 Å². The van der Waals surface area contributed by atoms with Gasteiger partial charge in [0, 0.05) is 6.54 Å². The normalized spacial score (nSPS) is 10.2. The van der Waals surface area contributed by atoms with Gasteiger partial charge < -0.3 is 10.3 Å². The molecule has 0 radical (unpaired) electrons. The van der Waals surface area contributed by atoms with Gasteiger partial charge >= 0.3 is 0 Å². The minimum Gasteiger partial charge on any atom is -0.365 e. The fraction of sp³-hybridized carbons (Fsp3) is 0.111. The van der Waals surface area contributed by atoms with E-state index >= 15 is 0 Å². The van der Waals surface area contributed by atoms with Crippen LogP contribution in [0.2, 0.25) is 0 Å². The number of thiophene rings is 1. The second-order valence-corrected chi connectivity index (χ2v) is 4.45. The van der Waals surface area contributed by atoms with E-state index in [1.807, 2.05) is 16.8 Å². The Labute approximate surface area is 98.5 Å². The summed E-state index contributed by atoms with van der Waals surface area (Å²) < 4.78 is 0.431. The summed E-state index contributed by atoms with van der Waals surface area (Å²) in [6.45, 7) is 0.665. The maximum Gasteiger partial charge on any atom is 0.267 e. The molecule has 4 nitrogen and oxygen atoms in total. The van der Waals surface area contributed by atoms with Crippen molar-refractivity contribution in [3.63, 3.8) is 0 Å². The fourth-order valence-corrected chi connectivity index (χ4v) is 2.11. The van der Waals surface area contributed by atoms with Crippen molar-refractivity contribution in [2.75, 3.05) is 5.32 Å². The quantitative estimate of drug-likeness (QED) is 0.909. The van der Waals surface area contributed by atoms with E-state index in [9.17, 15) is 4.79 Å². The third-order valence-corrected chi connectivity index (χ3v) is 3.30. The van der Waals surface area contributed by atoms with Crippen LogP contribution in [0.15, 0.2) is 32.4 Å². The van der Waals surface area contributed by atoms with Gasteiger partial charge in [-0.25, -0.2) is 4.98 Å². The number of halogens is 1. The van der Waals surface area contributed by atoms with Crippen LogP contribution in [-0.2, 0) is 6.54 Å². The molecule has 0 atom stereocenters. The van der Waals surface area contributed by atoms with E-state index < -0.39 is 0 Å². The van der Waals surface area contributed by atoms with Crippen molar-refractivity contribution in [3.8, 4) is 0 Å². The van der Waals surface area contributed by atoms with E-state index in [2.05, 4.69) is 31.2 Å². The smallest absolute Gasteiger partial charge is 0.267 e. The summed E-state index contributed by atoms with van der Waals surface area (Å²) in [6, 6.07) is 2.03. The molecule has 0 bridgehead atoms. The Morgan fingerprint density at radius 3 is 3.20 bits per heavy atom. The van der Waals surface area contributed by atoms with Gasteiger partial charge in [-0.2, -0.15) is 11.3 Å². The Bertz CT molecular complexity index is 494. The molecule has 2 heterocycles. The van der Waals surface area contributed by atoms with E-state index in [0.717, 1.165) is 0 Å². The number of rotatable bonds is 3. The zero-order valence-electron chi connectivity index (χ0n) is 7.66. The molecular weight excluding hydrogens is 278 g/mol. The molecular formula is C9H8BrN3OS. The van der Waals surface area contributed by atoms with Gasteiger partial charge in [0.1, 0.15) is 10.3 Å². The number of anilines is 1. The maximum atomic E-state index is 11.2. The molecule has 0 fully saturated rings. The second-order valence-electron chi connectivity index (χ2n) is 2.88. The van der Waals surface area contributed by atoms with Crippen LogP contribution in [0.1, 0.15) is 5.56 Å². The molecule has 0 unspecified atom stereocenters. The largest absolute Gasteiger partial charge is 0.365 e. The van der Waals surface area contributed by atoms with Crippen LogP contribution in [-0.4, -0.2) is 9.97 Å². The van der Waals surface area contributed by atoms with Crippen LogP contribution in [0, 0.1) is 0 Å². The highest BCUT2D eigenvalue weighted by molar-refractivity contribution is 9.10. The first-order valence-electron chi connectivity index (χ1n) is 4.25. The predicted molar refractivity (Wildman–Crippen MR) is 64.2 cm³/mol. The van der Waals surface area contributed by atoms with Crippen LogP contribution in [0.4, 0.5) is 5.82 Å². The van der Waals surface area contributed by atoms with Gasteiger partial charge in [-0.1, -0.05) is 0 Å². The molecule has 0 aliphatic heterocycles. The summed E-state index contributed by atoms with van der Waals surface area (Å²) in [5, 5.41) is 7.15. The molecule has 0 saturated heterocycles. The Morgan fingerprint density at radius 2 is 2.47 bits per heavy atom. The number of aromatic amines is 1. The predicted octanol–water partition coefficient (Wildman–Crippen LogP) is 2.21. The number of nitrogens with zero attached hydrogens (tertiary/aromatic N) is 1. The van der Waals surface area contributed by atoms with Crippen LogP contribution >= 0.6 is 27.3 Å². The van der Waals surface area contributed by atoms with Crippen molar-refractivity contribution in [1.82, 2.24) is 9.97 Å². The van der Waals surface area contributed by atoms with Crippen molar-refractivity contribution in [2.45, 2.75) is 6.54 Å². The maximum absolute atomic E-state index is 11.2. The molecule has 2 aromatic heterocycles. The minimum absolute atomic E-state index is 0.183. The lowest BCUT2D eigenvalue weighted by molar-refractivity contribution is 1.05. The van der Waals surface area contributed by atoms with E-state index in [1.165, 1.54) is 11.9 Å². The lowest BCUT2D eigenvalue weighted by Gasteiger charge is -2.04. The number of aromatic nitrogens is 2. The number of hydrogen-bond acceptors (Lipinski definition) is 4. The number of hydrogen-bond donors (Lipinski definition) is 2. The van der Waals surface area contributed by atoms with E-state index in [0.29, 0.717) is 16.8 Å². The highest BCUT2D eigenvalue weighted by Gasteiger charge is 2.04. The van der Waals surface area contributed by atoms with Crippen LogP contribution in [0.5, 0.6) is 0 Å². The van der Waals surface area contributed by atoms with E-state index in [1.54, 1.807) is 11.3 Å². The summed E-state index contributed by atoms with van der Waals surface area (Å²) >= 11 is 4.82. The van der Waals surface area contributed by atoms with Gasteiger partial charge in [-0.3, -0.25) is 4.79 Å². The zero-order chi connectivity index (χ0) is 10.7. The molecule has 6 heteroatoms. The van der Waals surface area contributed by atoms with Gasteiger partial charge in [0.2, 0.25) is 0 Å². The number of nitrogens with one attached hydrogen (secondary N) is 2. The molecule has 0 spiro atoms. The van der Waals surface area contributed by atoms with Crippen LogP contribution in [0.3, 0.4) is 0 Å². The summed E-state index contributed by atoms with van der Waals surface area (Å²) in [5.41, 5.74) is 0.992. The molecule has 0 saturated carbocycles. The molecule has 78 valence electrons. The Kier molecular flexibility index (Phi) is 3.17.